The van der Waals surface area contributed by atoms with Crippen LogP contribution in [0.15, 0.2) is 12.1 Å². The van der Waals surface area contributed by atoms with E-state index < -0.39 is 18.2 Å². The van der Waals surface area contributed by atoms with Gasteiger partial charge in [-0.3, -0.25) is 0 Å². The number of alkyl halides is 2. The van der Waals surface area contributed by atoms with E-state index >= 15 is 0 Å². The Morgan fingerprint density at radius 3 is 2.86 bits per heavy atom. The van der Waals surface area contributed by atoms with Crippen LogP contribution < -0.4 is 15.8 Å². The highest BCUT2D eigenvalue weighted by atomic mass is 19.3. The number of anilines is 2. The van der Waals surface area contributed by atoms with E-state index in [0.717, 1.165) is 44.4 Å². The van der Waals surface area contributed by atoms with E-state index in [9.17, 15) is 13.2 Å². The fourth-order valence-electron chi connectivity index (χ4n) is 2.31. The summed E-state index contributed by atoms with van der Waals surface area (Å²) in [5.74, 6) is -1.43. The Morgan fingerprint density at radius 2 is 2.19 bits per heavy atom. The lowest BCUT2D eigenvalue weighted by atomic mass is 10.1. The minimum atomic E-state index is -3.08. The quantitative estimate of drug-likeness (QED) is 0.791. The normalized spacial score (nSPS) is 18.8. The minimum Gasteiger partial charge on any atom is -0.432 e. The first-order valence-electron chi connectivity index (χ1n) is 6.95. The summed E-state index contributed by atoms with van der Waals surface area (Å²) in [5.41, 5.74) is 6.19. The molecule has 118 valence electrons. The maximum Gasteiger partial charge on any atom is 0.387 e. The van der Waals surface area contributed by atoms with E-state index in [1.54, 1.807) is 0 Å². The van der Waals surface area contributed by atoms with Crippen molar-refractivity contribution in [1.82, 2.24) is 0 Å². The van der Waals surface area contributed by atoms with Crippen LogP contribution in [0.2, 0.25) is 0 Å². The van der Waals surface area contributed by atoms with E-state index in [1.807, 2.05) is 0 Å². The molecule has 0 spiro atoms. The molecule has 0 saturated carbocycles. The van der Waals surface area contributed by atoms with Crippen molar-refractivity contribution in [2.24, 2.45) is 0 Å². The van der Waals surface area contributed by atoms with Gasteiger partial charge in [-0.1, -0.05) is 0 Å². The summed E-state index contributed by atoms with van der Waals surface area (Å²) in [6, 6.07) is 2.12. The van der Waals surface area contributed by atoms with Crippen LogP contribution in [0, 0.1) is 5.82 Å². The Hall–Kier alpha value is -1.63. The predicted octanol–water partition coefficient (Wildman–Crippen LogP) is 3.38. The standard InChI is InChI=1S/C14H19F3N2O2/c15-10-7-11(18)12(8-13(10)21-14(16)17)19-5-4-9-3-1-2-6-20-9/h7-9,14,19H,1-6,18H2. The summed E-state index contributed by atoms with van der Waals surface area (Å²) < 4.78 is 47.5. The third kappa shape index (κ3) is 4.70. The number of nitrogens with two attached hydrogens (primary N) is 1. The van der Waals surface area contributed by atoms with Gasteiger partial charge < -0.3 is 20.5 Å². The molecule has 1 atom stereocenters. The van der Waals surface area contributed by atoms with Gasteiger partial charge in [0.1, 0.15) is 0 Å². The number of halogens is 3. The number of nitrogen functional groups attached to an aromatic ring is 1. The molecule has 0 aromatic heterocycles. The summed E-state index contributed by atoms with van der Waals surface area (Å²) in [5, 5.41) is 3.00. The molecule has 3 N–H and O–H groups in total. The van der Waals surface area contributed by atoms with Crippen LogP contribution in [0.25, 0.3) is 0 Å². The van der Waals surface area contributed by atoms with Crippen molar-refractivity contribution in [2.75, 3.05) is 24.2 Å². The largest absolute Gasteiger partial charge is 0.432 e. The Balaban J connectivity index is 1.92. The third-order valence-electron chi connectivity index (χ3n) is 3.38. The first-order valence-corrected chi connectivity index (χ1v) is 6.95. The van der Waals surface area contributed by atoms with Crippen LogP contribution >= 0.6 is 0 Å². The van der Waals surface area contributed by atoms with Crippen LogP contribution in [0.3, 0.4) is 0 Å². The third-order valence-corrected chi connectivity index (χ3v) is 3.38. The molecule has 21 heavy (non-hydrogen) atoms. The fraction of sp³-hybridized carbons (Fsp3) is 0.571. The second kappa shape index (κ2) is 7.40. The lowest BCUT2D eigenvalue weighted by molar-refractivity contribution is -0.0521. The molecule has 1 aromatic carbocycles. The van der Waals surface area contributed by atoms with Crippen LogP contribution in [0.5, 0.6) is 5.75 Å². The first-order chi connectivity index (χ1) is 10.1. The van der Waals surface area contributed by atoms with Gasteiger partial charge >= 0.3 is 6.61 Å². The molecule has 1 fully saturated rings. The highest BCUT2D eigenvalue weighted by molar-refractivity contribution is 5.68. The lowest BCUT2D eigenvalue weighted by Crippen LogP contribution is -2.22. The number of hydrogen-bond donors (Lipinski definition) is 2. The second-order valence-electron chi connectivity index (χ2n) is 4.95. The number of ether oxygens (including phenoxy) is 2. The van der Waals surface area contributed by atoms with Crippen molar-refractivity contribution in [3.63, 3.8) is 0 Å². The SMILES string of the molecule is Nc1cc(F)c(OC(F)F)cc1NCCC1CCCCO1. The lowest BCUT2D eigenvalue weighted by Gasteiger charge is -2.23. The molecule has 0 radical (unpaired) electrons. The van der Waals surface area contributed by atoms with Crippen molar-refractivity contribution in [1.29, 1.82) is 0 Å². The zero-order valence-electron chi connectivity index (χ0n) is 11.6. The number of rotatable bonds is 6. The van der Waals surface area contributed by atoms with Gasteiger partial charge in [0.05, 0.1) is 17.5 Å². The van der Waals surface area contributed by atoms with Crippen LogP contribution in [0.1, 0.15) is 25.7 Å². The van der Waals surface area contributed by atoms with Crippen molar-refractivity contribution in [2.45, 2.75) is 38.4 Å². The summed E-state index contributed by atoms with van der Waals surface area (Å²) in [6.45, 7) is -1.74. The molecule has 1 aliphatic rings. The van der Waals surface area contributed by atoms with Gasteiger partial charge in [0.25, 0.3) is 0 Å². The molecule has 0 aliphatic carbocycles. The predicted molar refractivity (Wildman–Crippen MR) is 74.1 cm³/mol. The maximum absolute atomic E-state index is 13.4. The van der Waals surface area contributed by atoms with E-state index in [-0.39, 0.29) is 11.8 Å². The van der Waals surface area contributed by atoms with Crippen molar-refractivity contribution in [3.05, 3.63) is 17.9 Å². The zero-order valence-corrected chi connectivity index (χ0v) is 11.6. The molecule has 1 aliphatic heterocycles. The summed E-state index contributed by atoms with van der Waals surface area (Å²) in [7, 11) is 0. The summed E-state index contributed by atoms with van der Waals surface area (Å²) in [4.78, 5) is 0. The highest BCUT2D eigenvalue weighted by Gasteiger charge is 2.15. The average Bonchev–Trinajstić information content (AvgIpc) is 2.44. The molecule has 1 unspecified atom stereocenters. The number of nitrogens with one attached hydrogen (secondary N) is 1. The van der Waals surface area contributed by atoms with E-state index in [2.05, 4.69) is 10.1 Å². The minimum absolute atomic E-state index is 0.152. The Kier molecular flexibility index (Phi) is 5.55. The summed E-state index contributed by atoms with van der Waals surface area (Å²) in [6.07, 6.45) is 4.23. The Labute approximate surface area is 121 Å². The zero-order chi connectivity index (χ0) is 15.2. The van der Waals surface area contributed by atoms with E-state index in [4.69, 9.17) is 10.5 Å². The number of benzene rings is 1. The second-order valence-corrected chi connectivity index (χ2v) is 4.95. The Bertz CT molecular complexity index is 466. The van der Waals surface area contributed by atoms with Gasteiger partial charge in [0.2, 0.25) is 0 Å². The molecular formula is C14H19F3N2O2. The molecule has 1 aromatic rings. The molecule has 1 saturated heterocycles. The number of hydrogen-bond acceptors (Lipinski definition) is 4. The van der Waals surface area contributed by atoms with E-state index in [0.29, 0.717) is 12.2 Å². The maximum atomic E-state index is 13.4. The fourth-order valence-corrected chi connectivity index (χ4v) is 2.31. The summed E-state index contributed by atoms with van der Waals surface area (Å²) >= 11 is 0. The molecule has 1 heterocycles. The van der Waals surface area contributed by atoms with Gasteiger partial charge in [0.15, 0.2) is 11.6 Å². The molecule has 7 heteroatoms. The van der Waals surface area contributed by atoms with E-state index in [1.165, 1.54) is 0 Å². The topological polar surface area (TPSA) is 56.5 Å². The van der Waals surface area contributed by atoms with Crippen molar-refractivity contribution >= 4 is 11.4 Å². The molecule has 4 nitrogen and oxygen atoms in total. The van der Waals surface area contributed by atoms with Gasteiger partial charge in [0, 0.05) is 25.3 Å². The van der Waals surface area contributed by atoms with Crippen LogP contribution in [0.4, 0.5) is 24.5 Å². The van der Waals surface area contributed by atoms with Crippen LogP contribution in [-0.2, 0) is 4.74 Å². The molecule has 0 bridgehead atoms. The smallest absolute Gasteiger partial charge is 0.387 e. The van der Waals surface area contributed by atoms with Crippen molar-refractivity contribution < 1.29 is 22.6 Å². The Morgan fingerprint density at radius 1 is 1.38 bits per heavy atom. The van der Waals surface area contributed by atoms with Gasteiger partial charge in [-0.25, -0.2) is 4.39 Å². The molecule has 2 rings (SSSR count). The van der Waals surface area contributed by atoms with Gasteiger partial charge in [-0.05, 0) is 25.7 Å². The molecule has 0 amide bonds. The van der Waals surface area contributed by atoms with Crippen molar-refractivity contribution in [3.8, 4) is 5.75 Å². The van der Waals surface area contributed by atoms with Crippen LogP contribution in [-0.4, -0.2) is 25.9 Å². The average molecular weight is 304 g/mol. The monoisotopic (exact) mass is 304 g/mol. The first kappa shape index (κ1) is 15.8. The van der Waals surface area contributed by atoms with Gasteiger partial charge in [-0.2, -0.15) is 8.78 Å². The van der Waals surface area contributed by atoms with Gasteiger partial charge in [-0.15, -0.1) is 0 Å². The molecular weight excluding hydrogens is 285 g/mol. The highest BCUT2D eigenvalue weighted by Crippen LogP contribution is 2.29.